The van der Waals surface area contributed by atoms with Crippen LogP contribution in [0.25, 0.3) is 0 Å². The number of hydrogen-bond donors (Lipinski definition) is 2. The maximum atomic E-state index is 11.9. The first kappa shape index (κ1) is 18.6. The standard InChI is InChI=1S/C19H25N3O3/c1-19(2,3)18(23)22-17-10-5-14(13-21-17)20-11-12-25-16-8-6-15(24-4)7-9-16/h5-10,13,20H,11-12H2,1-4H3,(H,21,22,23). The number of anilines is 2. The van der Waals surface area contributed by atoms with Crippen molar-refractivity contribution in [2.24, 2.45) is 5.41 Å². The summed E-state index contributed by atoms with van der Waals surface area (Å²) in [6.45, 7) is 6.75. The minimum atomic E-state index is -0.447. The second-order valence-corrected chi connectivity index (χ2v) is 6.59. The molecule has 0 unspecified atom stereocenters. The van der Waals surface area contributed by atoms with E-state index in [4.69, 9.17) is 9.47 Å². The van der Waals surface area contributed by atoms with Crippen molar-refractivity contribution in [2.75, 3.05) is 30.9 Å². The number of nitrogens with zero attached hydrogens (tertiary/aromatic N) is 1. The zero-order chi connectivity index (χ0) is 18.3. The van der Waals surface area contributed by atoms with Crippen LogP contribution in [0, 0.1) is 5.41 Å². The molecule has 0 saturated heterocycles. The number of nitrogens with one attached hydrogen (secondary N) is 2. The third-order valence-electron chi connectivity index (χ3n) is 3.45. The van der Waals surface area contributed by atoms with Gasteiger partial charge < -0.3 is 20.1 Å². The van der Waals surface area contributed by atoms with Gasteiger partial charge in [0, 0.05) is 12.0 Å². The van der Waals surface area contributed by atoms with Crippen molar-refractivity contribution < 1.29 is 14.3 Å². The number of methoxy groups -OCH3 is 1. The lowest BCUT2D eigenvalue weighted by atomic mass is 9.96. The Morgan fingerprint density at radius 2 is 1.76 bits per heavy atom. The van der Waals surface area contributed by atoms with Crippen LogP contribution < -0.4 is 20.1 Å². The molecule has 1 heterocycles. The Balaban J connectivity index is 1.74. The summed E-state index contributed by atoms with van der Waals surface area (Å²) in [4.78, 5) is 16.2. The number of pyridine rings is 1. The summed E-state index contributed by atoms with van der Waals surface area (Å²) in [5.74, 6) is 2.07. The number of benzene rings is 1. The van der Waals surface area contributed by atoms with Crippen molar-refractivity contribution in [3.05, 3.63) is 42.6 Å². The Labute approximate surface area is 148 Å². The lowest BCUT2D eigenvalue weighted by Crippen LogP contribution is -2.28. The molecule has 134 valence electrons. The quantitative estimate of drug-likeness (QED) is 0.752. The summed E-state index contributed by atoms with van der Waals surface area (Å²) in [5.41, 5.74) is 0.421. The Kier molecular flexibility index (Phi) is 6.22. The maximum Gasteiger partial charge on any atom is 0.230 e. The van der Waals surface area contributed by atoms with Crippen molar-refractivity contribution in [3.63, 3.8) is 0 Å². The molecule has 1 aromatic carbocycles. The summed E-state index contributed by atoms with van der Waals surface area (Å²) in [6.07, 6.45) is 1.69. The van der Waals surface area contributed by atoms with Crippen molar-refractivity contribution in [1.29, 1.82) is 0 Å². The van der Waals surface area contributed by atoms with Crippen LogP contribution in [0.4, 0.5) is 11.5 Å². The average Bonchev–Trinajstić information content (AvgIpc) is 2.60. The van der Waals surface area contributed by atoms with Gasteiger partial charge in [0.05, 0.1) is 19.0 Å². The summed E-state index contributed by atoms with van der Waals surface area (Å²) in [7, 11) is 1.63. The molecule has 6 nitrogen and oxygen atoms in total. The second-order valence-electron chi connectivity index (χ2n) is 6.59. The van der Waals surface area contributed by atoms with E-state index in [0.717, 1.165) is 17.2 Å². The van der Waals surface area contributed by atoms with E-state index in [2.05, 4.69) is 15.6 Å². The predicted molar refractivity (Wildman–Crippen MR) is 99.3 cm³/mol. The molecule has 0 spiro atoms. The van der Waals surface area contributed by atoms with E-state index < -0.39 is 5.41 Å². The number of aromatic nitrogens is 1. The fourth-order valence-electron chi connectivity index (χ4n) is 1.91. The molecule has 1 aromatic heterocycles. The van der Waals surface area contributed by atoms with Gasteiger partial charge in [0.15, 0.2) is 0 Å². The molecule has 0 aliphatic rings. The molecule has 0 atom stereocenters. The Morgan fingerprint density at radius 1 is 1.08 bits per heavy atom. The lowest BCUT2D eigenvalue weighted by Gasteiger charge is -2.17. The lowest BCUT2D eigenvalue weighted by molar-refractivity contribution is -0.123. The van der Waals surface area contributed by atoms with Gasteiger partial charge in [-0.15, -0.1) is 0 Å². The van der Waals surface area contributed by atoms with E-state index in [1.165, 1.54) is 0 Å². The summed E-state index contributed by atoms with van der Waals surface area (Å²) in [5, 5.41) is 6.02. The van der Waals surface area contributed by atoms with E-state index >= 15 is 0 Å². The molecule has 25 heavy (non-hydrogen) atoms. The van der Waals surface area contributed by atoms with Crippen LogP contribution in [0.2, 0.25) is 0 Å². The fourth-order valence-corrected chi connectivity index (χ4v) is 1.91. The first-order chi connectivity index (χ1) is 11.9. The highest BCUT2D eigenvalue weighted by Gasteiger charge is 2.21. The normalized spacial score (nSPS) is 10.9. The number of ether oxygens (including phenoxy) is 2. The molecule has 6 heteroatoms. The van der Waals surface area contributed by atoms with Gasteiger partial charge in [0.1, 0.15) is 23.9 Å². The topological polar surface area (TPSA) is 72.5 Å². The molecule has 0 radical (unpaired) electrons. The van der Waals surface area contributed by atoms with Gasteiger partial charge in [0.2, 0.25) is 5.91 Å². The van der Waals surface area contributed by atoms with Crippen LogP contribution in [0.15, 0.2) is 42.6 Å². The minimum Gasteiger partial charge on any atom is -0.497 e. The Morgan fingerprint density at radius 3 is 2.32 bits per heavy atom. The number of rotatable bonds is 7. The zero-order valence-corrected chi connectivity index (χ0v) is 15.1. The third-order valence-corrected chi connectivity index (χ3v) is 3.45. The molecule has 2 N–H and O–H groups in total. The van der Waals surface area contributed by atoms with E-state index in [1.54, 1.807) is 19.4 Å². The summed E-state index contributed by atoms with van der Waals surface area (Å²) < 4.78 is 10.7. The van der Waals surface area contributed by atoms with Crippen LogP contribution in [-0.2, 0) is 4.79 Å². The molecule has 1 amide bonds. The van der Waals surface area contributed by atoms with Gasteiger partial charge in [-0.2, -0.15) is 0 Å². The van der Waals surface area contributed by atoms with Crippen molar-refractivity contribution >= 4 is 17.4 Å². The third kappa shape index (κ3) is 5.99. The van der Waals surface area contributed by atoms with Crippen molar-refractivity contribution in [2.45, 2.75) is 20.8 Å². The van der Waals surface area contributed by atoms with Crippen LogP contribution in [0.3, 0.4) is 0 Å². The van der Waals surface area contributed by atoms with Gasteiger partial charge in [-0.3, -0.25) is 4.79 Å². The van der Waals surface area contributed by atoms with E-state index in [1.807, 2.05) is 51.1 Å². The largest absolute Gasteiger partial charge is 0.497 e. The molecule has 2 aromatic rings. The highest BCUT2D eigenvalue weighted by molar-refractivity contribution is 5.93. The fraction of sp³-hybridized carbons (Fsp3) is 0.368. The van der Waals surface area contributed by atoms with Gasteiger partial charge in [0.25, 0.3) is 0 Å². The molecular weight excluding hydrogens is 318 g/mol. The zero-order valence-electron chi connectivity index (χ0n) is 15.1. The molecule has 0 aliphatic carbocycles. The Bertz CT molecular complexity index is 677. The van der Waals surface area contributed by atoms with Crippen LogP contribution in [0.5, 0.6) is 11.5 Å². The molecule has 0 aliphatic heterocycles. The first-order valence-corrected chi connectivity index (χ1v) is 8.17. The van der Waals surface area contributed by atoms with Crippen LogP contribution in [-0.4, -0.2) is 31.2 Å². The smallest absolute Gasteiger partial charge is 0.230 e. The highest BCUT2D eigenvalue weighted by Crippen LogP contribution is 2.18. The van der Waals surface area contributed by atoms with Crippen LogP contribution in [0.1, 0.15) is 20.8 Å². The van der Waals surface area contributed by atoms with Gasteiger partial charge >= 0.3 is 0 Å². The number of carbonyl (C=O) groups is 1. The number of hydrogen-bond acceptors (Lipinski definition) is 5. The van der Waals surface area contributed by atoms with Crippen LogP contribution >= 0.6 is 0 Å². The summed E-state index contributed by atoms with van der Waals surface area (Å²) in [6, 6.07) is 11.1. The average molecular weight is 343 g/mol. The van der Waals surface area contributed by atoms with Crippen molar-refractivity contribution in [3.8, 4) is 11.5 Å². The number of carbonyl (C=O) groups excluding carboxylic acids is 1. The van der Waals surface area contributed by atoms with Crippen molar-refractivity contribution in [1.82, 2.24) is 4.98 Å². The highest BCUT2D eigenvalue weighted by atomic mass is 16.5. The van der Waals surface area contributed by atoms with E-state index in [0.29, 0.717) is 19.0 Å². The molecule has 0 bridgehead atoms. The van der Waals surface area contributed by atoms with Gasteiger partial charge in [-0.05, 0) is 36.4 Å². The molecule has 2 rings (SSSR count). The summed E-state index contributed by atoms with van der Waals surface area (Å²) >= 11 is 0. The van der Waals surface area contributed by atoms with E-state index in [-0.39, 0.29) is 5.91 Å². The maximum absolute atomic E-state index is 11.9. The van der Waals surface area contributed by atoms with Gasteiger partial charge in [-0.25, -0.2) is 4.98 Å². The number of amides is 1. The predicted octanol–water partition coefficient (Wildman–Crippen LogP) is 3.57. The first-order valence-electron chi connectivity index (χ1n) is 8.17. The minimum absolute atomic E-state index is 0.0615. The van der Waals surface area contributed by atoms with E-state index in [9.17, 15) is 4.79 Å². The molecule has 0 saturated carbocycles. The molecule has 0 fully saturated rings. The Hall–Kier alpha value is -2.76. The van der Waals surface area contributed by atoms with Gasteiger partial charge in [-0.1, -0.05) is 20.8 Å². The second kappa shape index (κ2) is 8.37. The SMILES string of the molecule is COc1ccc(OCCNc2ccc(NC(=O)C(C)(C)C)nc2)cc1. The molecular formula is C19H25N3O3. The monoisotopic (exact) mass is 343 g/mol.